The lowest BCUT2D eigenvalue weighted by molar-refractivity contribution is -0.126. The largest absolute Gasteiger partial charge is 0.494 e. The van der Waals surface area contributed by atoms with Crippen LogP contribution < -0.4 is 4.74 Å². The molecular formula is C13H14FNO2. The molecule has 0 radical (unpaired) electrons. The first-order chi connectivity index (χ1) is 8.15. The Hall–Kier alpha value is -1.84. The molecule has 1 aromatic carbocycles. The predicted octanol–water partition coefficient (Wildman–Crippen LogP) is 1.91. The number of carbonyl (C=O) groups excluding carboxylic acids is 1. The van der Waals surface area contributed by atoms with E-state index < -0.39 is 0 Å². The first-order valence-electron chi connectivity index (χ1n) is 5.42. The van der Waals surface area contributed by atoms with E-state index in [1.54, 1.807) is 11.0 Å². The van der Waals surface area contributed by atoms with Crippen LogP contribution in [0.5, 0.6) is 5.75 Å². The van der Waals surface area contributed by atoms with Gasteiger partial charge in [-0.1, -0.05) is 6.58 Å². The van der Waals surface area contributed by atoms with Crippen LogP contribution in [-0.4, -0.2) is 24.5 Å². The average molecular weight is 235 g/mol. The number of methoxy groups -OCH3 is 1. The standard InChI is InChI=1S/C13H14FNO2/c1-3-13(16)15-5-4-9-7-12(17-2)11(14)6-10(9)8-15/h3,6-7H,1,4-5,8H2,2H3. The Morgan fingerprint density at radius 1 is 1.53 bits per heavy atom. The van der Waals surface area contributed by atoms with Crippen molar-refractivity contribution in [3.8, 4) is 5.75 Å². The summed E-state index contributed by atoms with van der Waals surface area (Å²) in [5, 5.41) is 0. The van der Waals surface area contributed by atoms with Crippen molar-refractivity contribution in [1.29, 1.82) is 0 Å². The smallest absolute Gasteiger partial charge is 0.246 e. The van der Waals surface area contributed by atoms with E-state index in [1.807, 2.05) is 0 Å². The van der Waals surface area contributed by atoms with Gasteiger partial charge in [0.2, 0.25) is 5.91 Å². The van der Waals surface area contributed by atoms with Crippen LogP contribution in [0.1, 0.15) is 11.1 Å². The van der Waals surface area contributed by atoms with E-state index in [1.165, 1.54) is 19.3 Å². The third kappa shape index (κ3) is 2.16. The summed E-state index contributed by atoms with van der Waals surface area (Å²) in [6.45, 7) is 4.51. The molecule has 1 aliphatic rings. The molecule has 1 aliphatic heterocycles. The maximum Gasteiger partial charge on any atom is 0.246 e. The van der Waals surface area contributed by atoms with E-state index in [0.717, 1.165) is 11.1 Å². The lowest BCUT2D eigenvalue weighted by Crippen LogP contribution is -2.34. The summed E-state index contributed by atoms with van der Waals surface area (Å²) in [5.41, 5.74) is 1.88. The second kappa shape index (κ2) is 4.57. The number of ether oxygens (including phenoxy) is 1. The van der Waals surface area contributed by atoms with Crippen molar-refractivity contribution in [1.82, 2.24) is 4.90 Å². The molecule has 1 amide bonds. The van der Waals surface area contributed by atoms with Gasteiger partial charge in [-0.05, 0) is 35.8 Å². The van der Waals surface area contributed by atoms with Crippen molar-refractivity contribution < 1.29 is 13.9 Å². The summed E-state index contributed by atoms with van der Waals surface area (Å²) in [6.07, 6.45) is 2.00. The van der Waals surface area contributed by atoms with E-state index in [2.05, 4.69) is 6.58 Å². The van der Waals surface area contributed by atoms with Crippen molar-refractivity contribution >= 4 is 5.91 Å². The van der Waals surface area contributed by atoms with Gasteiger partial charge in [-0.3, -0.25) is 4.79 Å². The fourth-order valence-electron chi connectivity index (χ4n) is 2.03. The number of benzene rings is 1. The topological polar surface area (TPSA) is 29.5 Å². The van der Waals surface area contributed by atoms with Gasteiger partial charge in [-0.25, -0.2) is 4.39 Å². The maximum atomic E-state index is 13.5. The Morgan fingerprint density at radius 2 is 2.29 bits per heavy atom. The molecule has 0 bridgehead atoms. The van der Waals surface area contributed by atoms with E-state index in [-0.39, 0.29) is 17.5 Å². The van der Waals surface area contributed by atoms with Gasteiger partial charge in [0.15, 0.2) is 11.6 Å². The minimum absolute atomic E-state index is 0.119. The summed E-state index contributed by atoms with van der Waals surface area (Å²) in [6, 6.07) is 3.15. The summed E-state index contributed by atoms with van der Waals surface area (Å²) in [5.74, 6) is -0.252. The highest BCUT2D eigenvalue weighted by molar-refractivity contribution is 5.87. The van der Waals surface area contributed by atoms with Crippen molar-refractivity contribution in [2.24, 2.45) is 0 Å². The van der Waals surface area contributed by atoms with Gasteiger partial charge in [0.1, 0.15) is 0 Å². The summed E-state index contributed by atoms with van der Waals surface area (Å²) >= 11 is 0. The number of hydrogen-bond donors (Lipinski definition) is 0. The third-order valence-electron chi connectivity index (χ3n) is 2.97. The van der Waals surface area contributed by atoms with Crippen LogP contribution in [0.15, 0.2) is 24.8 Å². The van der Waals surface area contributed by atoms with Crippen molar-refractivity contribution in [2.75, 3.05) is 13.7 Å². The molecular weight excluding hydrogens is 221 g/mol. The summed E-state index contributed by atoms with van der Waals surface area (Å²) < 4.78 is 18.5. The molecule has 0 spiro atoms. The highest BCUT2D eigenvalue weighted by Gasteiger charge is 2.20. The fourth-order valence-corrected chi connectivity index (χ4v) is 2.03. The molecule has 0 unspecified atom stereocenters. The molecule has 3 nitrogen and oxygen atoms in total. The lowest BCUT2D eigenvalue weighted by atomic mass is 9.99. The van der Waals surface area contributed by atoms with Crippen molar-refractivity contribution in [2.45, 2.75) is 13.0 Å². The maximum absolute atomic E-state index is 13.5. The van der Waals surface area contributed by atoms with Crippen LogP contribution in [-0.2, 0) is 17.8 Å². The number of amides is 1. The zero-order chi connectivity index (χ0) is 12.4. The van der Waals surface area contributed by atoms with Gasteiger partial charge in [0.25, 0.3) is 0 Å². The molecule has 0 fully saturated rings. The van der Waals surface area contributed by atoms with Gasteiger partial charge in [0.05, 0.1) is 7.11 Å². The molecule has 1 aromatic rings. The second-order valence-corrected chi connectivity index (χ2v) is 3.97. The van der Waals surface area contributed by atoms with Crippen LogP contribution in [0.4, 0.5) is 4.39 Å². The molecule has 0 atom stereocenters. The van der Waals surface area contributed by atoms with Gasteiger partial charge >= 0.3 is 0 Å². The number of fused-ring (bicyclic) bond motifs is 1. The van der Waals surface area contributed by atoms with E-state index in [9.17, 15) is 9.18 Å². The molecule has 1 heterocycles. The molecule has 0 aromatic heterocycles. The highest BCUT2D eigenvalue weighted by atomic mass is 19.1. The summed E-state index contributed by atoms with van der Waals surface area (Å²) in [7, 11) is 1.45. The monoisotopic (exact) mass is 235 g/mol. The van der Waals surface area contributed by atoms with E-state index >= 15 is 0 Å². The molecule has 0 N–H and O–H groups in total. The highest BCUT2D eigenvalue weighted by Crippen LogP contribution is 2.26. The second-order valence-electron chi connectivity index (χ2n) is 3.97. The Kier molecular flexibility index (Phi) is 3.13. The Balaban J connectivity index is 2.30. The predicted molar refractivity (Wildman–Crippen MR) is 62.3 cm³/mol. The van der Waals surface area contributed by atoms with Gasteiger partial charge in [-0.15, -0.1) is 0 Å². The molecule has 0 aliphatic carbocycles. The van der Waals surface area contributed by atoms with E-state index in [4.69, 9.17) is 4.74 Å². The third-order valence-corrected chi connectivity index (χ3v) is 2.97. The van der Waals surface area contributed by atoms with Crippen LogP contribution in [0.3, 0.4) is 0 Å². The Bertz CT molecular complexity index is 471. The Labute approximate surface area is 99.5 Å². The zero-order valence-corrected chi connectivity index (χ0v) is 9.70. The van der Waals surface area contributed by atoms with Gasteiger partial charge in [-0.2, -0.15) is 0 Å². The van der Waals surface area contributed by atoms with Crippen LogP contribution in [0.25, 0.3) is 0 Å². The lowest BCUT2D eigenvalue weighted by Gasteiger charge is -2.28. The number of hydrogen-bond acceptors (Lipinski definition) is 2. The SMILES string of the molecule is C=CC(=O)N1CCc2cc(OC)c(F)cc2C1. The van der Waals surface area contributed by atoms with Gasteiger partial charge in [0, 0.05) is 13.1 Å². The van der Waals surface area contributed by atoms with Crippen LogP contribution >= 0.6 is 0 Å². The molecule has 0 saturated heterocycles. The number of rotatable bonds is 2. The quantitative estimate of drug-likeness (QED) is 0.733. The van der Waals surface area contributed by atoms with Gasteiger partial charge < -0.3 is 9.64 Å². The first-order valence-corrected chi connectivity index (χ1v) is 5.42. The van der Waals surface area contributed by atoms with Crippen molar-refractivity contribution in [3.63, 3.8) is 0 Å². The Morgan fingerprint density at radius 3 is 2.94 bits per heavy atom. The van der Waals surface area contributed by atoms with Crippen LogP contribution in [0.2, 0.25) is 0 Å². The normalized spacial score (nSPS) is 14.1. The number of carbonyl (C=O) groups is 1. The molecule has 90 valence electrons. The summed E-state index contributed by atoms with van der Waals surface area (Å²) in [4.78, 5) is 13.1. The molecule has 4 heteroatoms. The van der Waals surface area contributed by atoms with Crippen molar-refractivity contribution in [3.05, 3.63) is 41.7 Å². The van der Waals surface area contributed by atoms with Crippen LogP contribution in [0, 0.1) is 5.82 Å². The molecule has 0 saturated carbocycles. The minimum Gasteiger partial charge on any atom is -0.494 e. The zero-order valence-electron chi connectivity index (χ0n) is 9.70. The molecule has 17 heavy (non-hydrogen) atoms. The number of nitrogens with zero attached hydrogens (tertiary/aromatic N) is 1. The fraction of sp³-hybridized carbons (Fsp3) is 0.308. The average Bonchev–Trinajstić information content (AvgIpc) is 2.36. The minimum atomic E-state index is -0.390. The van der Waals surface area contributed by atoms with E-state index in [0.29, 0.717) is 19.5 Å². The number of halogens is 1. The molecule has 2 rings (SSSR count). The first kappa shape index (κ1) is 11.6.